The third-order valence-corrected chi connectivity index (χ3v) is 3.84. The van der Waals surface area contributed by atoms with E-state index in [0.29, 0.717) is 19.4 Å². The Morgan fingerprint density at radius 1 is 1.23 bits per heavy atom. The molecule has 1 aromatic carbocycles. The number of oxime groups is 1. The SMILES string of the molecule is COC(=O)C1(C(=O)OC)C[C@H]1CCO/N=C/c1ccccc1. The van der Waals surface area contributed by atoms with E-state index in [2.05, 4.69) is 5.16 Å². The van der Waals surface area contributed by atoms with Crippen LogP contribution in [0, 0.1) is 11.3 Å². The van der Waals surface area contributed by atoms with Gasteiger partial charge in [0.15, 0.2) is 5.41 Å². The number of ether oxygens (including phenoxy) is 2. The van der Waals surface area contributed by atoms with Gasteiger partial charge in [0.1, 0.15) is 6.61 Å². The summed E-state index contributed by atoms with van der Waals surface area (Å²) in [6.45, 7) is 0.323. The maximum Gasteiger partial charge on any atom is 0.323 e. The van der Waals surface area contributed by atoms with Crippen LogP contribution in [0.25, 0.3) is 0 Å². The molecule has 1 aliphatic rings. The molecule has 1 aromatic rings. The minimum Gasteiger partial charge on any atom is -0.468 e. The predicted molar refractivity (Wildman–Crippen MR) is 79.2 cm³/mol. The fourth-order valence-electron chi connectivity index (χ4n) is 2.51. The number of carbonyl (C=O) groups is 2. The van der Waals surface area contributed by atoms with Crippen molar-refractivity contribution >= 4 is 18.2 Å². The van der Waals surface area contributed by atoms with Gasteiger partial charge in [-0.3, -0.25) is 9.59 Å². The zero-order valence-electron chi connectivity index (χ0n) is 12.7. The number of esters is 2. The van der Waals surface area contributed by atoms with Crippen molar-refractivity contribution in [3.63, 3.8) is 0 Å². The van der Waals surface area contributed by atoms with Gasteiger partial charge in [0.05, 0.1) is 20.4 Å². The van der Waals surface area contributed by atoms with E-state index >= 15 is 0 Å². The first-order valence-electron chi connectivity index (χ1n) is 7.02. The standard InChI is InChI=1S/C16H19NO5/c1-20-14(18)16(15(19)21-2)10-13(16)8-9-22-17-11-12-6-4-3-5-7-12/h3-7,11,13H,8-10H2,1-2H3/b17-11+/t13-/m1/s1. The Labute approximate surface area is 129 Å². The summed E-state index contributed by atoms with van der Waals surface area (Å²) >= 11 is 0. The van der Waals surface area contributed by atoms with Gasteiger partial charge in [-0.25, -0.2) is 0 Å². The first-order valence-corrected chi connectivity index (χ1v) is 7.02. The van der Waals surface area contributed by atoms with E-state index in [1.807, 2.05) is 30.3 Å². The molecule has 0 spiro atoms. The van der Waals surface area contributed by atoms with Crippen LogP contribution in [0.1, 0.15) is 18.4 Å². The van der Waals surface area contributed by atoms with Crippen LogP contribution in [0.4, 0.5) is 0 Å². The minimum absolute atomic E-state index is 0.126. The number of nitrogens with zero attached hydrogens (tertiary/aromatic N) is 1. The average molecular weight is 305 g/mol. The number of methoxy groups -OCH3 is 2. The molecule has 1 saturated carbocycles. The number of rotatable bonds is 7. The van der Waals surface area contributed by atoms with Crippen molar-refractivity contribution in [2.75, 3.05) is 20.8 Å². The van der Waals surface area contributed by atoms with Crippen LogP contribution in [-0.2, 0) is 23.9 Å². The van der Waals surface area contributed by atoms with E-state index in [-0.39, 0.29) is 5.92 Å². The first kappa shape index (κ1) is 16.0. The predicted octanol–water partition coefficient (Wildman–Crippen LogP) is 1.78. The molecule has 0 heterocycles. The first-order chi connectivity index (χ1) is 10.6. The lowest BCUT2D eigenvalue weighted by Gasteiger charge is -2.11. The number of hydrogen-bond acceptors (Lipinski definition) is 6. The maximum atomic E-state index is 11.8. The van der Waals surface area contributed by atoms with Crippen LogP contribution in [-0.4, -0.2) is 39.0 Å². The van der Waals surface area contributed by atoms with E-state index < -0.39 is 17.4 Å². The number of hydrogen-bond donors (Lipinski definition) is 0. The Balaban J connectivity index is 1.79. The molecule has 0 saturated heterocycles. The third kappa shape index (κ3) is 3.27. The normalized spacial score (nSPS) is 18.7. The lowest BCUT2D eigenvalue weighted by atomic mass is 10.0. The molecule has 1 fully saturated rings. The molecule has 0 aliphatic heterocycles. The summed E-state index contributed by atoms with van der Waals surface area (Å²) in [5, 5.41) is 3.86. The highest BCUT2D eigenvalue weighted by Gasteiger charge is 2.67. The second-order valence-electron chi connectivity index (χ2n) is 5.12. The Morgan fingerprint density at radius 3 is 2.45 bits per heavy atom. The van der Waals surface area contributed by atoms with E-state index in [4.69, 9.17) is 14.3 Å². The van der Waals surface area contributed by atoms with Crippen molar-refractivity contribution in [2.24, 2.45) is 16.5 Å². The molecule has 6 nitrogen and oxygen atoms in total. The quantitative estimate of drug-likeness (QED) is 0.252. The van der Waals surface area contributed by atoms with Gasteiger partial charge in [-0.15, -0.1) is 0 Å². The lowest BCUT2D eigenvalue weighted by molar-refractivity contribution is -0.162. The van der Waals surface area contributed by atoms with Crippen LogP contribution in [0.15, 0.2) is 35.5 Å². The fourth-order valence-corrected chi connectivity index (χ4v) is 2.51. The van der Waals surface area contributed by atoms with Crippen LogP contribution in [0.5, 0.6) is 0 Å². The smallest absolute Gasteiger partial charge is 0.323 e. The summed E-state index contributed by atoms with van der Waals surface area (Å²) in [5.41, 5.74) is -0.219. The highest BCUT2D eigenvalue weighted by Crippen LogP contribution is 2.56. The number of carbonyl (C=O) groups excluding carboxylic acids is 2. The molecule has 0 amide bonds. The fraction of sp³-hybridized carbons (Fsp3) is 0.438. The Morgan fingerprint density at radius 2 is 1.86 bits per heavy atom. The summed E-state index contributed by atoms with van der Waals surface area (Å²) in [6.07, 6.45) is 2.58. The molecular formula is C16H19NO5. The van der Waals surface area contributed by atoms with Crippen molar-refractivity contribution < 1.29 is 23.9 Å². The van der Waals surface area contributed by atoms with Crippen LogP contribution in [0.2, 0.25) is 0 Å². The molecule has 118 valence electrons. The van der Waals surface area contributed by atoms with E-state index in [0.717, 1.165) is 5.56 Å². The van der Waals surface area contributed by atoms with Gasteiger partial charge < -0.3 is 14.3 Å². The Kier molecular flexibility index (Phi) is 5.14. The molecule has 0 radical (unpaired) electrons. The maximum absolute atomic E-state index is 11.8. The van der Waals surface area contributed by atoms with Crippen molar-refractivity contribution in [1.29, 1.82) is 0 Å². The molecule has 0 unspecified atom stereocenters. The zero-order chi connectivity index (χ0) is 16.0. The van der Waals surface area contributed by atoms with E-state index in [9.17, 15) is 9.59 Å². The van der Waals surface area contributed by atoms with Gasteiger partial charge in [0.25, 0.3) is 0 Å². The van der Waals surface area contributed by atoms with E-state index in [1.165, 1.54) is 14.2 Å². The molecule has 6 heteroatoms. The average Bonchev–Trinajstić information content (AvgIpc) is 3.29. The molecule has 22 heavy (non-hydrogen) atoms. The van der Waals surface area contributed by atoms with Gasteiger partial charge in [-0.2, -0.15) is 0 Å². The zero-order valence-corrected chi connectivity index (χ0v) is 12.7. The third-order valence-electron chi connectivity index (χ3n) is 3.84. The summed E-state index contributed by atoms with van der Waals surface area (Å²) < 4.78 is 9.41. The minimum atomic E-state index is -1.16. The second-order valence-corrected chi connectivity index (χ2v) is 5.12. The molecule has 0 bridgehead atoms. The topological polar surface area (TPSA) is 74.2 Å². The molecular weight excluding hydrogens is 286 g/mol. The summed E-state index contributed by atoms with van der Waals surface area (Å²) in [7, 11) is 2.53. The van der Waals surface area contributed by atoms with Gasteiger partial charge in [0, 0.05) is 0 Å². The van der Waals surface area contributed by atoms with Crippen LogP contribution >= 0.6 is 0 Å². The number of benzene rings is 1. The molecule has 0 aromatic heterocycles. The van der Waals surface area contributed by atoms with Gasteiger partial charge in [0.2, 0.25) is 0 Å². The van der Waals surface area contributed by atoms with Crippen LogP contribution in [0.3, 0.4) is 0 Å². The second kappa shape index (κ2) is 7.06. The van der Waals surface area contributed by atoms with Crippen molar-refractivity contribution in [3.05, 3.63) is 35.9 Å². The lowest BCUT2D eigenvalue weighted by Crippen LogP contribution is -2.30. The molecule has 1 aliphatic carbocycles. The van der Waals surface area contributed by atoms with Crippen molar-refractivity contribution in [2.45, 2.75) is 12.8 Å². The van der Waals surface area contributed by atoms with Crippen molar-refractivity contribution in [3.8, 4) is 0 Å². The van der Waals surface area contributed by atoms with Gasteiger partial charge >= 0.3 is 11.9 Å². The summed E-state index contributed by atoms with van der Waals surface area (Å²) in [4.78, 5) is 28.7. The Hall–Kier alpha value is -2.37. The van der Waals surface area contributed by atoms with Crippen molar-refractivity contribution in [1.82, 2.24) is 0 Å². The van der Waals surface area contributed by atoms with Gasteiger partial charge in [-0.05, 0) is 24.3 Å². The molecule has 0 N–H and O–H groups in total. The highest BCUT2D eigenvalue weighted by atomic mass is 16.6. The summed E-state index contributed by atoms with van der Waals surface area (Å²) in [5.74, 6) is -1.21. The molecule has 1 atom stereocenters. The largest absolute Gasteiger partial charge is 0.468 e. The summed E-state index contributed by atoms with van der Waals surface area (Å²) in [6, 6.07) is 9.56. The molecule has 2 rings (SSSR count). The van der Waals surface area contributed by atoms with Gasteiger partial charge in [-0.1, -0.05) is 35.5 Å². The van der Waals surface area contributed by atoms with E-state index in [1.54, 1.807) is 6.21 Å². The highest BCUT2D eigenvalue weighted by molar-refractivity contribution is 6.03. The Bertz CT molecular complexity index is 539. The monoisotopic (exact) mass is 305 g/mol. The van der Waals surface area contributed by atoms with Crippen LogP contribution < -0.4 is 0 Å².